The number of anilines is 1. The Hall–Kier alpha value is -1.80. The minimum absolute atomic E-state index is 0.159. The van der Waals surface area contributed by atoms with Crippen LogP contribution in [0, 0.1) is 11.8 Å². The first kappa shape index (κ1) is 13.6. The lowest BCUT2D eigenvalue weighted by Crippen LogP contribution is -2.09. The molecule has 0 saturated carbocycles. The molecule has 19 heavy (non-hydrogen) atoms. The number of benzene rings is 1. The molecule has 0 unspecified atom stereocenters. The van der Waals surface area contributed by atoms with Gasteiger partial charge in [0, 0.05) is 10.7 Å². The van der Waals surface area contributed by atoms with E-state index in [-0.39, 0.29) is 5.91 Å². The zero-order chi connectivity index (χ0) is 13.7. The summed E-state index contributed by atoms with van der Waals surface area (Å²) in [6.45, 7) is 0.310. The van der Waals surface area contributed by atoms with E-state index in [0.717, 1.165) is 4.88 Å². The summed E-state index contributed by atoms with van der Waals surface area (Å²) < 4.78 is 0. The summed E-state index contributed by atoms with van der Waals surface area (Å²) >= 11 is 7.12. The third kappa shape index (κ3) is 3.83. The molecule has 1 aromatic heterocycles. The summed E-state index contributed by atoms with van der Waals surface area (Å²) in [5, 5.41) is 3.43. The summed E-state index contributed by atoms with van der Waals surface area (Å²) in [7, 11) is 0. The van der Waals surface area contributed by atoms with Crippen molar-refractivity contribution in [3.05, 3.63) is 51.2 Å². The van der Waals surface area contributed by atoms with Crippen LogP contribution in [0.25, 0.3) is 0 Å². The van der Waals surface area contributed by atoms with Crippen LogP contribution < -0.4 is 11.1 Å². The van der Waals surface area contributed by atoms with Gasteiger partial charge in [0.1, 0.15) is 0 Å². The van der Waals surface area contributed by atoms with Crippen LogP contribution >= 0.6 is 22.9 Å². The molecule has 2 rings (SSSR count). The highest BCUT2D eigenvalue weighted by Gasteiger charge is 2.08. The highest BCUT2D eigenvalue weighted by atomic mass is 35.5. The highest BCUT2D eigenvalue weighted by molar-refractivity contribution is 7.14. The van der Waals surface area contributed by atoms with Gasteiger partial charge < -0.3 is 11.1 Å². The zero-order valence-electron chi connectivity index (χ0n) is 9.94. The molecule has 1 heterocycles. The third-order valence-electron chi connectivity index (χ3n) is 2.25. The van der Waals surface area contributed by atoms with Crippen molar-refractivity contribution in [3.63, 3.8) is 0 Å². The summed E-state index contributed by atoms with van der Waals surface area (Å²) in [5.74, 6) is 5.49. The Balaban J connectivity index is 2.07. The fraction of sp³-hybridized carbons (Fsp3) is 0.0714. The first-order valence-corrected chi connectivity index (χ1v) is 6.74. The van der Waals surface area contributed by atoms with Gasteiger partial charge in [0.25, 0.3) is 5.91 Å². The van der Waals surface area contributed by atoms with Crippen molar-refractivity contribution in [3.8, 4) is 11.8 Å². The molecule has 0 aliphatic rings. The van der Waals surface area contributed by atoms with Crippen LogP contribution in [0.15, 0.2) is 36.4 Å². The fourth-order valence-corrected chi connectivity index (χ4v) is 2.29. The maximum atomic E-state index is 12.0. The van der Waals surface area contributed by atoms with E-state index in [0.29, 0.717) is 22.1 Å². The first-order valence-electron chi connectivity index (χ1n) is 5.55. The van der Waals surface area contributed by atoms with Gasteiger partial charge in [-0.1, -0.05) is 23.4 Å². The molecule has 0 saturated heterocycles. The lowest BCUT2D eigenvalue weighted by Gasteiger charge is -2.02. The van der Waals surface area contributed by atoms with E-state index in [1.807, 2.05) is 6.07 Å². The molecule has 1 amide bonds. The van der Waals surface area contributed by atoms with Crippen LogP contribution in [-0.4, -0.2) is 12.5 Å². The van der Waals surface area contributed by atoms with Gasteiger partial charge >= 0.3 is 0 Å². The Bertz CT molecular complexity index is 637. The quantitative estimate of drug-likeness (QED) is 0.836. The van der Waals surface area contributed by atoms with Gasteiger partial charge in [-0.3, -0.25) is 4.79 Å². The minimum Gasteiger partial charge on any atom is -0.321 e. The molecule has 0 aliphatic carbocycles. The van der Waals surface area contributed by atoms with Gasteiger partial charge in [0.05, 0.1) is 16.3 Å². The Morgan fingerprint density at radius 2 is 2.00 bits per heavy atom. The molecular weight excluding hydrogens is 280 g/mol. The van der Waals surface area contributed by atoms with Crippen molar-refractivity contribution in [2.24, 2.45) is 5.73 Å². The molecule has 0 spiro atoms. The molecule has 0 atom stereocenters. The smallest absolute Gasteiger partial charge is 0.265 e. The van der Waals surface area contributed by atoms with Gasteiger partial charge in [0.15, 0.2) is 0 Å². The number of carbonyl (C=O) groups excluding carboxylic acids is 1. The Morgan fingerprint density at radius 1 is 1.26 bits per heavy atom. The topological polar surface area (TPSA) is 55.1 Å². The summed E-state index contributed by atoms with van der Waals surface area (Å²) in [5.41, 5.74) is 6.00. The van der Waals surface area contributed by atoms with E-state index in [1.54, 1.807) is 30.3 Å². The maximum Gasteiger partial charge on any atom is 0.265 e. The monoisotopic (exact) mass is 290 g/mol. The Morgan fingerprint density at radius 3 is 2.68 bits per heavy atom. The molecule has 3 nitrogen and oxygen atoms in total. The predicted molar refractivity (Wildman–Crippen MR) is 79.7 cm³/mol. The van der Waals surface area contributed by atoms with E-state index >= 15 is 0 Å². The second-order valence-corrected chi connectivity index (χ2v) is 5.15. The second-order valence-electron chi connectivity index (χ2n) is 3.63. The summed E-state index contributed by atoms with van der Waals surface area (Å²) in [4.78, 5) is 13.4. The Kier molecular flexibility index (Phi) is 4.58. The van der Waals surface area contributed by atoms with Crippen LogP contribution in [0.3, 0.4) is 0 Å². The molecular formula is C14H11ClN2OS. The van der Waals surface area contributed by atoms with Crippen LogP contribution in [0.4, 0.5) is 5.69 Å². The van der Waals surface area contributed by atoms with Crippen molar-refractivity contribution < 1.29 is 4.79 Å². The highest BCUT2D eigenvalue weighted by Crippen LogP contribution is 2.18. The minimum atomic E-state index is -0.159. The van der Waals surface area contributed by atoms with Gasteiger partial charge in [-0.15, -0.1) is 11.3 Å². The van der Waals surface area contributed by atoms with E-state index in [4.69, 9.17) is 17.3 Å². The van der Waals surface area contributed by atoms with Crippen molar-refractivity contribution in [2.45, 2.75) is 0 Å². The number of hydrogen-bond acceptors (Lipinski definition) is 3. The first-order chi connectivity index (χ1) is 9.19. The number of halogens is 1. The molecule has 1 aromatic carbocycles. The van der Waals surface area contributed by atoms with Crippen LogP contribution in [0.2, 0.25) is 5.02 Å². The van der Waals surface area contributed by atoms with Crippen LogP contribution in [-0.2, 0) is 0 Å². The normalized spacial score (nSPS) is 9.58. The van der Waals surface area contributed by atoms with Crippen molar-refractivity contribution >= 4 is 34.5 Å². The number of nitrogens with one attached hydrogen (secondary N) is 1. The number of hydrogen-bond donors (Lipinski definition) is 2. The molecule has 5 heteroatoms. The lowest BCUT2D eigenvalue weighted by molar-refractivity contribution is 0.103. The summed E-state index contributed by atoms with van der Waals surface area (Å²) in [6, 6.07) is 10.5. The zero-order valence-corrected chi connectivity index (χ0v) is 11.5. The molecule has 0 fully saturated rings. The van der Waals surface area contributed by atoms with E-state index in [9.17, 15) is 4.79 Å². The van der Waals surface area contributed by atoms with Gasteiger partial charge in [-0.2, -0.15) is 0 Å². The Labute approximate surface area is 120 Å². The second kappa shape index (κ2) is 6.39. The van der Waals surface area contributed by atoms with E-state index in [1.165, 1.54) is 11.3 Å². The largest absolute Gasteiger partial charge is 0.321 e. The SMILES string of the molecule is NCC#Cc1ccc(C(=O)Nc2ccc(Cl)cc2)s1. The average molecular weight is 291 g/mol. The van der Waals surface area contributed by atoms with Crippen LogP contribution in [0.1, 0.15) is 14.5 Å². The molecule has 2 aromatic rings. The third-order valence-corrected chi connectivity index (χ3v) is 3.50. The van der Waals surface area contributed by atoms with Crippen molar-refractivity contribution in [2.75, 3.05) is 11.9 Å². The van der Waals surface area contributed by atoms with Crippen molar-refractivity contribution in [1.82, 2.24) is 0 Å². The number of carbonyl (C=O) groups is 1. The maximum absolute atomic E-state index is 12.0. The van der Waals surface area contributed by atoms with Crippen molar-refractivity contribution in [1.29, 1.82) is 0 Å². The van der Waals surface area contributed by atoms with Crippen LogP contribution in [0.5, 0.6) is 0 Å². The molecule has 3 N–H and O–H groups in total. The number of amides is 1. The summed E-state index contributed by atoms with van der Waals surface area (Å²) in [6.07, 6.45) is 0. The fourth-order valence-electron chi connectivity index (χ4n) is 1.39. The molecule has 0 radical (unpaired) electrons. The number of nitrogens with two attached hydrogens (primary N) is 1. The van der Waals surface area contributed by atoms with E-state index < -0.39 is 0 Å². The van der Waals surface area contributed by atoms with Gasteiger partial charge in [-0.05, 0) is 36.4 Å². The van der Waals surface area contributed by atoms with Gasteiger partial charge in [0.2, 0.25) is 0 Å². The van der Waals surface area contributed by atoms with Gasteiger partial charge in [-0.25, -0.2) is 0 Å². The number of rotatable bonds is 2. The number of thiophene rings is 1. The average Bonchev–Trinajstić information content (AvgIpc) is 2.88. The molecule has 0 aliphatic heterocycles. The molecule has 0 bridgehead atoms. The molecule has 96 valence electrons. The standard InChI is InChI=1S/C14H11ClN2OS/c15-10-3-5-11(6-4-10)17-14(18)13-8-7-12(19-13)2-1-9-16/h3-8H,9,16H2,(H,17,18). The lowest BCUT2D eigenvalue weighted by atomic mass is 10.3. The van der Waals surface area contributed by atoms with E-state index in [2.05, 4.69) is 17.2 Å². The predicted octanol–water partition coefficient (Wildman–Crippen LogP) is 2.96.